The van der Waals surface area contributed by atoms with Crippen LogP contribution in [-0.4, -0.2) is 29.4 Å². The van der Waals surface area contributed by atoms with E-state index in [1.54, 1.807) is 0 Å². The zero-order chi connectivity index (χ0) is 16.8. The van der Waals surface area contributed by atoms with Gasteiger partial charge in [-0.3, -0.25) is 9.59 Å². The minimum Gasteiger partial charge on any atom is -0.493 e. The molecule has 23 heavy (non-hydrogen) atoms. The second-order valence-corrected chi connectivity index (χ2v) is 5.97. The third-order valence-electron chi connectivity index (χ3n) is 3.55. The van der Waals surface area contributed by atoms with Crippen LogP contribution in [0.15, 0.2) is 18.2 Å². The number of benzene rings is 1. The van der Waals surface area contributed by atoms with Crippen LogP contribution < -0.4 is 9.47 Å². The molecule has 0 saturated carbocycles. The van der Waals surface area contributed by atoms with Gasteiger partial charge in [-0.2, -0.15) is 4.42 Å². The Labute approximate surface area is 141 Å². The lowest BCUT2D eigenvalue weighted by atomic mass is 9.97. The van der Waals surface area contributed by atoms with Gasteiger partial charge in [-0.15, -0.1) is 0 Å². The predicted molar refractivity (Wildman–Crippen MR) is 87.5 cm³/mol. The summed E-state index contributed by atoms with van der Waals surface area (Å²) >= 11 is 5.66. The number of halogens is 1. The number of rotatable bonds is 8. The maximum absolute atomic E-state index is 11.9. The van der Waals surface area contributed by atoms with Gasteiger partial charge in [0.25, 0.3) is 0 Å². The standard InChI is InChI=1S/C17H22ClNO4/c1-3-5-22-14-8-12(9-15(11-14)23-6-4-2)7-13-10-16(20)19(18)17(13)21/h8-9,11,13H,3-7,10H2,1-2H3. The maximum atomic E-state index is 11.9. The Morgan fingerprint density at radius 1 is 1.09 bits per heavy atom. The van der Waals surface area contributed by atoms with E-state index < -0.39 is 5.92 Å². The monoisotopic (exact) mass is 339 g/mol. The van der Waals surface area contributed by atoms with Crippen LogP contribution in [0.4, 0.5) is 0 Å². The first-order valence-corrected chi connectivity index (χ1v) is 8.31. The van der Waals surface area contributed by atoms with Gasteiger partial charge < -0.3 is 9.47 Å². The Bertz CT molecular complexity index is 549. The van der Waals surface area contributed by atoms with Crippen molar-refractivity contribution >= 4 is 23.6 Å². The molecule has 1 aliphatic heterocycles. The van der Waals surface area contributed by atoms with Gasteiger partial charge in [-0.05, 0) is 37.0 Å². The van der Waals surface area contributed by atoms with Crippen molar-refractivity contribution in [2.45, 2.75) is 39.5 Å². The van der Waals surface area contributed by atoms with E-state index in [9.17, 15) is 9.59 Å². The summed E-state index contributed by atoms with van der Waals surface area (Å²) in [6.07, 6.45) is 2.41. The molecule has 1 fully saturated rings. The quantitative estimate of drug-likeness (QED) is 0.538. The third kappa shape index (κ3) is 4.61. The van der Waals surface area contributed by atoms with Gasteiger partial charge in [-0.1, -0.05) is 13.8 Å². The molecule has 1 heterocycles. The number of nitrogens with zero attached hydrogens (tertiary/aromatic N) is 1. The molecule has 1 aromatic carbocycles. The van der Waals surface area contributed by atoms with Gasteiger partial charge in [0.2, 0.25) is 11.8 Å². The number of carbonyl (C=O) groups is 2. The lowest BCUT2D eigenvalue weighted by molar-refractivity contribution is -0.133. The van der Waals surface area contributed by atoms with Crippen molar-refractivity contribution in [3.8, 4) is 11.5 Å². The third-order valence-corrected chi connectivity index (χ3v) is 3.91. The Kier molecular flexibility index (Phi) is 6.28. The smallest absolute Gasteiger partial charge is 0.247 e. The maximum Gasteiger partial charge on any atom is 0.247 e. The summed E-state index contributed by atoms with van der Waals surface area (Å²) in [5.41, 5.74) is 0.905. The Morgan fingerprint density at radius 3 is 2.09 bits per heavy atom. The molecule has 2 amide bonds. The molecular weight excluding hydrogens is 318 g/mol. The number of carbonyl (C=O) groups excluding carboxylic acids is 2. The second-order valence-electron chi connectivity index (χ2n) is 5.63. The highest BCUT2D eigenvalue weighted by Crippen LogP contribution is 2.29. The normalized spacial score (nSPS) is 17.7. The molecule has 1 atom stereocenters. The fourth-order valence-corrected chi connectivity index (χ4v) is 2.67. The van der Waals surface area contributed by atoms with E-state index in [2.05, 4.69) is 0 Å². The molecule has 0 aromatic heterocycles. The molecule has 1 aliphatic rings. The van der Waals surface area contributed by atoms with Crippen LogP contribution in [0.3, 0.4) is 0 Å². The highest BCUT2D eigenvalue weighted by atomic mass is 35.5. The number of hydrogen-bond acceptors (Lipinski definition) is 4. The van der Waals surface area contributed by atoms with Crippen LogP contribution in [0.2, 0.25) is 0 Å². The molecular formula is C17H22ClNO4. The molecule has 5 nitrogen and oxygen atoms in total. The van der Waals surface area contributed by atoms with Gasteiger partial charge in [-0.25, -0.2) is 0 Å². The SMILES string of the molecule is CCCOc1cc(CC2CC(=O)N(Cl)C2=O)cc(OCCC)c1. The van der Waals surface area contributed by atoms with E-state index in [-0.39, 0.29) is 18.2 Å². The summed E-state index contributed by atoms with van der Waals surface area (Å²) in [6, 6.07) is 5.64. The number of amides is 2. The van der Waals surface area contributed by atoms with Gasteiger partial charge in [0.05, 0.1) is 19.1 Å². The Balaban J connectivity index is 2.15. The molecule has 2 rings (SSSR count). The lowest BCUT2D eigenvalue weighted by Gasteiger charge is -2.13. The number of ether oxygens (including phenoxy) is 2. The van der Waals surface area contributed by atoms with Crippen molar-refractivity contribution in [1.29, 1.82) is 0 Å². The molecule has 6 heteroatoms. The number of imide groups is 1. The van der Waals surface area contributed by atoms with Crippen molar-refractivity contribution in [3.05, 3.63) is 23.8 Å². The molecule has 0 aliphatic carbocycles. The van der Waals surface area contributed by atoms with Gasteiger partial charge in [0.15, 0.2) is 0 Å². The second kappa shape index (κ2) is 8.20. The van der Waals surface area contributed by atoms with Crippen molar-refractivity contribution < 1.29 is 19.1 Å². The highest BCUT2D eigenvalue weighted by molar-refractivity contribution is 6.32. The first-order valence-electron chi connectivity index (χ1n) is 7.97. The highest BCUT2D eigenvalue weighted by Gasteiger charge is 2.37. The van der Waals surface area contributed by atoms with Crippen LogP contribution in [-0.2, 0) is 16.0 Å². The molecule has 0 N–H and O–H groups in total. The average Bonchev–Trinajstić information content (AvgIpc) is 2.78. The minimum absolute atomic E-state index is 0.146. The van der Waals surface area contributed by atoms with Gasteiger partial charge in [0.1, 0.15) is 11.5 Å². The van der Waals surface area contributed by atoms with E-state index >= 15 is 0 Å². The predicted octanol–water partition coefficient (Wildman–Crippen LogP) is 3.34. The average molecular weight is 340 g/mol. The summed E-state index contributed by atoms with van der Waals surface area (Å²) in [7, 11) is 0. The van der Waals surface area contributed by atoms with Crippen LogP contribution in [0.25, 0.3) is 0 Å². The summed E-state index contributed by atoms with van der Waals surface area (Å²) < 4.78 is 12.1. The molecule has 0 radical (unpaired) electrons. The van der Waals surface area contributed by atoms with Crippen LogP contribution in [0.5, 0.6) is 11.5 Å². The topological polar surface area (TPSA) is 55.8 Å². The zero-order valence-electron chi connectivity index (χ0n) is 13.5. The van der Waals surface area contributed by atoms with Crippen molar-refractivity contribution in [1.82, 2.24) is 4.42 Å². The Hall–Kier alpha value is -1.75. The van der Waals surface area contributed by atoms with E-state index in [4.69, 9.17) is 21.3 Å². The first-order chi connectivity index (χ1) is 11.0. The molecule has 126 valence electrons. The summed E-state index contributed by atoms with van der Waals surface area (Å²) in [6.45, 7) is 5.31. The molecule has 1 aromatic rings. The molecule has 0 bridgehead atoms. The summed E-state index contributed by atoms with van der Waals surface area (Å²) in [5.74, 6) is 0.334. The van der Waals surface area contributed by atoms with E-state index in [1.165, 1.54) is 0 Å². The molecule has 1 saturated heterocycles. The zero-order valence-corrected chi connectivity index (χ0v) is 14.3. The van der Waals surface area contributed by atoms with Crippen molar-refractivity contribution in [2.75, 3.05) is 13.2 Å². The van der Waals surface area contributed by atoms with Crippen LogP contribution >= 0.6 is 11.8 Å². The molecule has 1 unspecified atom stereocenters. The lowest BCUT2D eigenvalue weighted by Crippen LogP contribution is -2.21. The van der Waals surface area contributed by atoms with Crippen molar-refractivity contribution in [2.24, 2.45) is 5.92 Å². The van der Waals surface area contributed by atoms with Gasteiger partial charge in [0, 0.05) is 24.3 Å². The number of hydrogen-bond donors (Lipinski definition) is 0. The van der Waals surface area contributed by atoms with E-state index in [0.717, 1.165) is 29.9 Å². The molecule has 0 spiro atoms. The van der Waals surface area contributed by atoms with Gasteiger partial charge >= 0.3 is 0 Å². The Morgan fingerprint density at radius 2 is 1.65 bits per heavy atom. The first kappa shape index (κ1) is 17.6. The summed E-state index contributed by atoms with van der Waals surface area (Å²) in [4.78, 5) is 23.5. The minimum atomic E-state index is -0.416. The fraction of sp³-hybridized carbons (Fsp3) is 0.529. The van der Waals surface area contributed by atoms with E-state index in [0.29, 0.717) is 24.1 Å². The summed E-state index contributed by atoms with van der Waals surface area (Å²) in [5, 5.41) is 0. The van der Waals surface area contributed by atoms with Crippen molar-refractivity contribution in [3.63, 3.8) is 0 Å². The largest absolute Gasteiger partial charge is 0.493 e. The fourth-order valence-electron chi connectivity index (χ4n) is 2.46. The van der Waals surface area contributed by atoms with Crippen LogP contribution in [0.1, 0.15) is 38.7 Å². The van der Waals surface area contributed by atoms with E-state index in [1.807, 2.05) is 32.0 Å². The van der Waals surface area contributed by atoms with Crippen LogP contribution in [0, 0.1) is 5.92 Å².